The van der Waals surface area contributed by atoms with Crippen molar-refractivity contribution < 1.29 is 14.3 Å². The summed E-state index contributed by atoms with van der Waals surface area (Å²) in [6.45, 7) is 2.16. The number of nitrogens with one attached hydrogen (secondary N) is 1. The topological polar surface area (TPSA) is 55.4 Å². The van der Waals surface area contributed by atoms with Crippen molar-refractivity contribution >= 4 is 18.1 Å². The quantitative estimate of drug-likeness (QED) is 0.490. The average molecular weight is 245 g/mol. The largest absolute Gasteiger partial charge is 0.466 e. The van der Waals surface area contributed by atoms with Crippen molar-refractivity contribution in [3.05, 3.63) is 29.8 Å². The molecule has 0 fully saturated rings. The van der Waals surface area contributed by atoms with Crippen molar-refractivity contribution in [3.8, 4) is 11.8 Å². The minimum atomic E-state index is -0.244. The average Bonchev–Trinajstić information content (AvgIpc) is 2.37. The van der Waals surface area contributed by atoms with E-state index in [-0.39, 0.29) is 12.4 Å². The smallest absolute Gasteiger partial charge is 0.306 e. The first-order valence-corrected chi connectivity index (χ1v) is 5.71. The normalized spacial score (nSPS) is 8.94. The third-order valence-electron chi connectivity index (χ3n) is 2.12. The Morgan fingerprint density at radius 3 is 2.94 bits per heavy atom. The molecule has 0 atom stereocenters. The molecule has 1 aromatic carbocycles. The van der Waals surface area contributed by atoms with Crippen molar-refractivity contribution in [2.75, 3.05) is 11.9 Å². The van der Waals surface area contributed by atoms with Gasteiger partial charge in [-0.2, -0.15) is 0 Å². The van der Waals surface area contributed by atoms with Gasteiger partial charge in [-0.3, -0.25) is 9.59 Å². The number of anilines is 1. The van der Waals surface area contributed by atoms with E-state index in [1.807, 2.05) is 18.2 Å². The molecule has 0 spiro atoms. The van der Waals surface area contributed by atoms with Crippen LogP contribution in [0.15, 0.2) is 24.3 Å². The second-order valence-corrected chi connectivity index (χ2v) is 3.41. The van der Waals surface area contributed by atoms with E-state index in [0.717, 1.165) is 5.56 Å². The highest BCUT2D eigenvalue weighted by atomic mass is 16.5. The van der Waals surface area contributed by atoms with Gasteiger partial charge in [0.25, 0.3) is 0 Å². The first-order chi connectivity index (χ1) is 8.77. The van der Waals surface area contributed by atoms with Crippen molar-refractivity contribution in [3.63, 3.8) is 0 Å². The van der Waals surface area contributed by atoms with Crippen LogP contribution in [0, 0.1) is 11.8 Å². The molecule has 4 heteroatoms. The highest BCUT2D eigenvalue weighted by molar-refractivity contribution is 5.75. The summed E-state index contributed by atoms with van der Waals surface area (Å²) in [5, 5.41) is 2.57. The first-order valence-electron chi connectivity index (χ1n) is 5.71. The second-order valence-electron chi connectivity index (χ2n) is 3.41. The monoisotopic (exact) mass is 245 g/mol. The molecule has 0 unspecified atom stereocenters. The van der Waals surface area contributed by atoms with Crippen LogP contribution in [0.25, 0.3) is 0 Å². The molecule has 94 valence electrons. The van der Waals surface area contributed by atoms with Crippen LogP contribution in [0.2, 0.25) is 0 Å². The predicted molar refractivity (Wildman–Crippen MR) is 68.9 cm³/mol. The summed E-state index contributed by atoms with van der Waals surface area (Å²) >= 11 is 0. The molecular weight excluding hydrogens is 230 g/mol. The van der Waals surface area contributed by atoms with Crippen molar-refractivity contribution in [1.29, 1.82) is 0 Å². The van der Waals surface area contributed by atoms with Crippen LogP contribution in [-0.2, 0) is 14.3 Å². The Bertz CT molecular complexity index is 471. The maximum Gasteiger partial charge on any atom is 0.306 e. The first kappa shape index (κ1) is 13.8. The molecule has 18 heavy (non-hydrogen) atoms. The van der Waals surface area contributed by atoms with Crippen molar-refractivity contribution in [2.45, 2.75) is 19.8 Å². The fraction of sp³-hybridized carbons (Fsp3) is 0.286. The number of ether oxygens (including phenoxy) is 1. The lowest BCUT2D eigenvalue weighted by Gasteiger charge is -2.00. The Hall–Kier alpha value is -2.28. The lowest BCUT2D eigenvalue weighted by Crippen LogP contribution is -2.02. The van der Waals surface area contributed by atoms with E-state index in [0.29, 0.717) is 25.1 Å². The molecule has 0 radical (unpaired) electrons. The van der Waals surface area contributed by atoms with E-state index in [4.69, 9.17) is 4.74 Å². The molecule has 1 amide bonds. The van der Waals surface area contributed by atoms with Crippen molar-refractivity contribution in [2.24, 2.45) is 0 Å². The number of amides is 1. The van der Waals surface area contributed by atoms with Crippen LogP contribution in [0.3, 0.4) is 0 Å². The van der Waals surface area contributed by atoms with E-state index in [1.165, 1.54) is 0 Å². The molecule has 0 aromatic heterocycles. The third kappa shape index (κ3) is 4.71. The molecule has 1 rings (SSSR count). The summed E-state index contributed by atoms with van der Waals surface area (Å²) in [6, 6.07) is 7.23. The number of benzene rings is 1. The molecule has 0 bridgehead atoms. The van der Waals surface area contributed by atoms with E-state index >= 15 is 0 Å². The van der Waals surface area contributed by atoms with Crippen LogP contribution in [0.1, 0.15) is 25.3 Å². The van der Waals surface area contributed by atoms with Gasteiger partial charge < -0.3 is 10.1 Å². The van der Waals surface area contributed by atoms with Gasteiger partial charge in [0.15, 0.2) is 0 Å². The fourth-order valence-corrected chi connectivity index (χ4v) is 1.34. The fourth-order valence-electron chi connectivity index (χ4n) is 1.34. The molecule has 0 aliphatic carbocycles. The van der Waals surface area contributed by atoms with Gasteiger partial charge in [-0.1, -0.05) is 24.0 Å². The van der Waals surface area contributed by atoms with Gasteiger partial charge in [-0.05, 0) is 19.1 Å². The summed E-state index contributed by atoms with van der Waals surface area (Å²) in [6.07, 6.45) is 1.33. The Morgan fingerprint density at radius 1 is 1.44 bits per heavy atom. The minimum absolute atomic E-state index is 0.244. The van der Waals surface area contributed by atoms with E-state index < -0.39 is 0 Å². The van der Waals surface area contributed by atoms with Gasteiger partial charge in [0.05, 0.1) is 18.7 Å². The SMILES string of the molecule is CCOC(=O)CCC#Cc1ccccc1NC=O. The molecule has 4 nitrogen and oxygen atoms in total. The van der Waals surface area contributed by atoms with Gasteiger partial charge in [-0.25, -0.2) is 0 Å². The summed E-state index contributed by atoms with van der Waals surface area (Å²) in [7, 11) is 0. The zero-order valence-corrected chi connectivity index (χ0v) is 10.2. The van der Waals surface area contributed by atoms with Gasteiger partial charge in [-0.15, -0.1) is 0 Å². The van der Waals surface area contributed by atoms with Gasteiger partial charge in [0.2, 0.25) is 6.41 Å². The number of hydrogen-bond donors (Lipinski definition) is 1. The maximum atomic E-state index is 11.1. The predicted octanol–water partition coefficient (Wildman–Crippen LogP) is 1.95. The van der Waals surface area contributed by atoms with Gasteiger partial charge in [0.1, 0.15) is 0 Å². The molecular formula is C14H15NO3. The summed E-state index contributed by atoms with van der Waals surface area (Å²) in [5.74, 6) is 5.56. The van der Waals surface area contributed by atoms with E-state index in [2.05, 4.69) is 17.2 Å². The molecule has 0 aliphatic rings. The molecule has 1 aromatic rings. The summed E-state index contributed by atoms with van der Waals surface area (Å²) in [5.41, 5.74) is 1.39. The number of carbonyl (C=O) groups is 2. The lowest BCUT2D eigenvalue weighted by atomic mass is 10.1. The maximum absolute atomic E-state index is 11.1. The number of rotatable bonds is 5. The molecule has 0 aliphatic heterocycles. The molecule has 0 saturated heterocycles. The third-order valence-corrected chi connectivity index (χ3v) is 2.12. The lowest BCUT2D eigenvalue weighted by molar-refractivity contribution is -0.142. The standard InChI is InChI=1S/C14H15NO3/c1-2-18-14(17)10-6-4-8-12-7-3-5-9-13(12)15-11-16/h3,5,7,9,11H,2,6,10H2,1H3,(H,15,16). The van der Waals surface area contributed by atoms with Crippen molar-refractivity contribution in [1.82, 2.24) is 0 Å². The molecule has 0 saturated carbocycles. The van der Waals surface area contributed by atoms with Crippen LogP contribution >= 0.6 is 0 Å². The van der Waals surface area contributed by atoms with Crippen LogP contribution in [0.5, 0.6) is 0 Å². The number of carbonyl (C=O) groups excluding carboxylic acids is 2. The zero-order chi connectivity index (χ0) is 13.2. The van der Waals surface area contributed by atoms with Gasteiger partial charge in [0, 0.05) is 12.0 Å². The summed E-state index contributed by atoms with van der Waals surface area (Å²) in [4.78, 5) is 21.5. The minimum Gasteiger partial charge on any atom is -0.466 e. The zero-order valence-electron chi connectivity index (χ0n) is 10.2. The Balaban J connectivity index is 2.57. The Kier molecular flexibility index (Phi) is 6.05. The van der Waals surface area contributed by atoms with Crippen LogP contribution < -0.4 is 5.32 Å². The molecule has 0 heterocycles. The number of esters is 1. The Labute approximate surface area is 106 Å². The molecule has 1 N–H and O–H groups in total. The highest BCUT2D eigenvalue weighted by Crippen LogP contribution is 2.12. The van der Waals surface area contributed by atoms with Gasteiger partial charge >= 0.3 is 5.97 Å². The van der Waals surface area contributed by atoms with Crippen LogP contribution in [0.4, 0.5) is 5.69 Å². The number of hydrogen-bond acceptors (Lipinski definition) is 3. The summed E-state index contributed by atoms with van der Waals surface area (Å²) < 4.78 is 4.79. The Morgan fingerprint density at radius 2 is 2.22 bits per heavy atom. The van der Waals surface area contributed by atoms with E-state index in [1.54, 1.807) is 13.0 Å². The highest BCUT2D eigenvalue weighted by Gasteiger charge is 1.99. The number of para-hydroxylation sites is 1. The van der Waals surface area contributed by atoms with E-state index in [9.17, 15) is 9.59 Å². The van der Waals surface area contributed by atoms with Crippen LogP contribution in [-0.4, -0.2) is 19.0 Å². The second kappa shape index (κ2) is 7.91.